The standard InChI is InChI=1S/C14H16N4O/c1-14(9-15,12-5-3-2-4-6-12)18-13(19)11-7-16-10-17-8-11/h2-8,10H,9,15H2,1H3,(H,18,19). The molecule has 2 rings (SSSR count). The molecule has 0 aliphatic rings. The molecule has 19 heavy (non-hydrogen) atoms. The van der Waals surface area contributed by atoms with E-state index in [1.54, 1.807) is 0 Å². The molecular formula is C14H16N4O. The second kappa shape index (κ2) is 5.58. The summed E-state index contributed by atoms with van der Waals surface area (Å²) in [5.74, 6) is -0.239. The summed E-state index contributed by atoms with van der Waals surface area (Å²) in [6.07, 6.45) is 4.34. The predicted molar refractivity (Wildman–Crippen MR) is 72.3 cm³/mol. The van der Waals surface area contributed by atoms with Gasteiger partial charge in [-0.3, -0.25) is 4.79 Å². The average Bonchev–Trinajstić information content (AvgIpc) is 2.49. The number of carbonyl (C=O) groups is 1. The molecule has 0 fully saturated rings. The van der Waals surface area contributed by atoms with Gasteiger partial charge in [-0.05, 0) is 12.5 Å². The fourth-order valence-electron chi connectivity index (χ4n) is 1.79. The molecule has 0 aliphatic heterocycles. The van der Waals surface area contributed by atoms with E-state index in [1.807, 2.05) is 37.3 Å². The van der Waals surface area contributed by atoms with Crippen LogP contribution in [0.1, 0.15) is 22.8 Å². The molecule has 98 valence electrons. The molecule has 0 aliphatic carbocycles. The number of aromatic nitrogens is 2. The Labute approximate surface area is 111 Å². The van der Waals surface area contributed by atoms with Crippen molar-refractivity contribution in [2.45, 2.75) is 12.5 Å². The lowest BCUT2D eigenvalue weighted by atomic mass is 9.92. The number of nitrogens with one attached hydrogen (secondary N) is 1. The molecule has 3 N–H and O–H groups in total. The van der Waals surface area contributed by atoms with E-state index in [1.165, 1.54) is 18.7 Å². The van der Waals surface area contributed by atoms with Crippen LogP contribution in [-0.2, 0) is 5.54 Å². The number of hydrogen-bond acceptors (Lipinski definition) is 4. The minimum absolute atomic E-state index is 0.239. The Hall–Kier alpha value is -2.27. The van der Waals surface area contributed by atoms with E-state index in [0.29, 0.717) is 12.1 Å². The van der Waals surface area contributed by atoms with Crippen LogP contribution in [0.4, 0.5) is 0 Å². The lowest BCUT2D eigenvalue weighted by Crippen LogP contribution is -2.48. The van der Waals surface area contributed by atoms with Gasteiger partial charge in [-0.15, -0.1) is 0 Å². The smallest absolute Gasteiger partial charge is 0.255 e. The highest BCUT2D eigenvalue weighted by atomic mass is 16.1. The molecule has 1 amide bonds. The van der Waals surface area contributed by atoms with Crippen LogP contribution in [0, 0.1) is 0 Å². The Bertz CT molecular complexity index is 544. The van der Waals surface area contributed by atoms with Gasteiger partial charge in [-0.25, -0.2) is 9.97 Å². The first kappa shape index (κ1) is 13.2. The molecule has 5 heteroatoms. The summed E-state index contributed by atoms with van der Waals surface area (Å²) in [5.41, 5.74) is 6.58. The van der Waals surface area contributed by atoms with E-state index < -0.39 is 5.54 Å². The van der Waals surface area contributed by atoms with Gasteiger partial charge in [-0.1, -0.05) is 30.3 Å². The van der Waals surface area contributed by atoms with Crippen molar-refractivity contribution in [3.63, 3.8) is 0 Å². The van der Waals surface area contributed by atoms with Crippen LogP contribution in [0.5, 0.6) is 0 Å². The second-order valence-electron chi connectivity index (χ2n) is 4.48. The fraction of sp³-hybridized carbons (Fsp3) is 0.214. The van der Waals surface area contributed by atoms with Gasteiger partial charge in [0.15, 0.2) is 0 Å². The first-order valence-electron chi connectivity index (χ1n) is 5.99. The first-order chi connectivity index (χ1) is 9.15. The summed E-state index contributed by atoms with van der Waals surface area (Å²) in [6, 6.07) is 9.64. The highest BCUT2D eigenvalue weighted by Gasteiger charge is 2.27. The van der Waals surface area contributed by atoms with E-state index >= 15 is 0 Å². The van der Waals surface area contributed by atoms with Crippen LogP contribution < -0.4 is 11.1 Å². The Kier molecular flexibility index (Phi) is 3.87. The summed E-state index contributed by atoms with van der Waals surface area (Å²) in [5, 5.41) is 2.93. The zero-order valence-corrected chi connectivity index (χ0v) is 10.7. The lowest BCUT2D eigenvalue weighted by Gasteiger charge is -2.30. The summed E-state index contributed by atoms with van der Waals surface area (Å²) in [7, 11) is 0. The van der Waals surface area contributed by atoms with Crippen LogP contribution in [-0.4, -0.2) is 22.4 Å². The third kappa shape index (κ3) is 2.95. The molecule has 1 aromatic carbocycles. The Morgan fingerprint density at radius 3 is 2.47 bits per heavy atom. The molecule has 1 atom stereocenters. The lowest BCUT2D eigenvalue weighted by molar-refractivity contribution is 0.0906. The Morgan fingerprint density at radius 1 is 1.26 bits per heavy atom. The third-order valence-corrected chi connectivity index (χ3v) is 3.03. The van der Waals surface area contributed by atoms with Crippen molar-refractivity contribution in [3.05, 3.63) is 60.2 Å². The van der Waals surface area contributed by atoms with E-state index in [4.69, 9.17) is 5.73 Å². The molecule has 1 aromatic heterocycles. The second-order valence-corrected chi connectivity index (χ2v) is 4.48. The predicted octanol–water partition coefficient (Wildman–Crippen LogP) is 1.08. The molecule has 0 bridgehead atoms. The molecule has 1 heterocycles. The van der Waals surface area contributed by atoms with Crippen LogP contribution >= 0.6 is 0 Å². The van der Waals surface area contributed by atoms with Crippen LogP contribution in [0.3, 0.4) is 0 Å². The number of benzene rings is 1. The number of carbonyl (C=O) groups excluding carboxylic acids is 1. The SMILES string of the molecule is CC(CN)(NC(=O)c1cncnc1)c1ccccc1. The molecule has 0 saturated carbocycles. The van der Waals surface area contributed by atoms with Crippen molar-refractivity contribution in [2.75, 3.05) is 6.54 Å². The third-order valence-electron chi connectivity index (χ3n) is 3.03. The van der Waals surface area contributed by atoms with Gasteiger partial charge >= 0.3 is 0 Å². The molecule has 0 spiro atoms. The highest BCUT2D eigenvalue weighted by Crippen LogP contribution is 2.19. The Balaban J connectivity index is 2.22. The van der Waals surface area contributed by atoms with Gasteiger partial charge in [0.25, 0.3) is 5.91 Å². The van der Waals surface area contributed by atoms with Gasteiger partial charge in [0.2, 0.25) is 0 Å². The maximum atomic E-state index is 12.1. The molecule has 1 unspecified atom stereocenters. The normalized spacial score (nSPS) is 13.6. The van der Waals surface area contributed by atoms with Crippen molar-refractivity contribution in [1.82, 2.24) is 15.3 Å². The van der Waals surface area contributed by atoms with Crippen LogP contribution in [0.2, 0.25) is 0 Å². The minimum Gasteiger partial charge on any atom is -0.341 e. The first-order valence-corrected chi connectivity index (χ1v) is 5.99. The van der Waals surface area contributed by atoms with Crippen molar-refractivity contribution in [2.24, 2.45) is 5.73 Å². The largest absolute Gasteiger partial charge is 0.341 e. The topological polar surface area (TPSA) is 80.9 Å². The zero-order chi connectivity index (χ0) is 13.7. The van der Waals surface area contributed by atoms with E-state index in [9.17, 15) is 4.79 Å². The molecule has 5 nitrogen and oxygen atoms in total. The maximum Gasteiger partial charge on any atom is 0.255 e. The molecule has 0 radical (unpaired) electrons. The maximum absolute atomic E-state index is 12.1. The highest BCUT2D eigenvalue weighted by molar-refractivity contribution is 5.94. The summed E-state index contributed by atoms with van der Waals surface area (Å²) < 4.78 is 0. The van der Waals surface area contributed by atoms with Crippen molar-refractivity contribution < 1.29 is 4.79 Å². The van der Waals surface area contributed by atoms with E-state index in [-0.39, 0.29) is 5.91 Å². The number of nitrogens with two attached hydrogens (primary N) is 1. The zero-order valence-electron chi connectivity index (χ0n) is 10.7. The van der Waals surface area contributed by atoms with Crippen LogP contribution in [0.25, 0.3) is 0 Å². The summed E-state index contributed by atoms with van der Waals surface area (Å²) >= 11 is 0. The number of hydrogen-bond donors (Lipinski definition) is 2. The fourth-order valence-corrected chi connectivity index (χ4v) is 1.79. The van der Waals surface area contributed by atoms with Crippen LogP contribution in [0.15, 0.2) is 49.1 Å². The molecular weight excluding hydrogens is 240 g/mol. The number of amides is 1. The summed E-state index contributed by atoms with van der Waals surface area (Å²) in [6.45, 7) is 2.19. The van der Waals surface area contributed by atoms with Gasteiger partial charge in [0.1, 0.15) is 6.33 Å². The van der Waals surface area contributed by atoms with Crippen molar-refractivity contribution in [3.8, 4) is 0 Å². The van der Waals surface area contributed by atoms with E-state index in [2.05, 4.69) is 15.3 Å². The van der Waals surface area contributed by atoms with Gasteiger partial charge in [0, 0.05) is 18.9 Å². The van der Waals surface area contributed by atoms with Gasteiger partial charge < -0.3 is 11.1 Å². The monoisotopic (exact) mass is 256 g/mol. The van der Waals surface area contributed by atoms with Gasteiger partial charge in [0.05, 0.1) is 11.1 Å². The number of rotatable bonds is 4. The summed E-state index contributed by atoms with van der Waals surface area (Å²) in [4.78, 5) is 19.8. The quantitative estimate of drug-likeness (QED) is 0.857. The van der Waals surface area contributed by atoms with Crippen molar-refractivity contribution >= 4 is 5.91 Å². The average molecular weight is 256 g/mol. The minimum atomic E-state index is -0.617. The van der Waals surface area contributed by atoms with E-state index in [0.717, 1.165) is 5.56 Å². The van der Waals surface area contributed by atoms with Crippen molar-refractivity contribution in [1.29, 1.82) is 0 Å². The van der Waals surface area contributed by atoms with Gasteiger partial charge in [-0.2, -0.15) is 0 Å². The Morgan fingerprint density at radius 2 is 1.89 bits per heavy atom. The molecule has 0 saturated heterocycles. The molecule has 2 aromatic rings. The number of nitrogens with zero attached hydrogens (tertiary/aromatic N) is 2.